The minimum absolute atomic E-state index is 0.127. The van der Waals surface area contributed by atoms with Crippen molar-refractivity contribution >= 4 is 24.1 Å². The van der Waals surface area contributed by atoms with Gasteiger partial charge in [-0.3, -0.25) is 9.59 Å². The first-order valence-electron chi connectivity index (χ1n) is 13.8. The smallest absolute Gasteiger partial charge is 0.247 e. The fourth-order valence-corrected chi connectivity index (χ4v) is 5.60. The Kier molecular flexibility index (Phi) is 13.2. The number of allylic oxidation sites excluding steroid dienone is 1. The molecule has 2 rings (SSSR count). The molecule has 1 aromatic rings. The Morgan fingerprint density at radius 1 is 1.22 bits per heavy atom. The van der Waals surface area contributed by atoms with Gasteiger partial charge in [0, 0.05) is 18.9 Å². The first kappa shape index (κ1) is 30.9. The third-order valence-corrected chi connectivity index (χ3v) is 7.40. The van der Waals surface area contributed by atoms with E-state index in [4.69, 9.17) is 15.3 Å². The zero-order chi connectivity index (χ0) is 27.3. The zero-order valence-corrected chi connectivity index (χ0v) is 23.0. The van der Waals surface area contributed by atoms with Crippen LogP contribution in [0.5, 0.6) is 0 Å². The molecule has 0 aliphatic carbocycles. The SMILES string of the molecule is CCC[C@H](C)CC(C=O)(C(=O)[C@@H](C)N)C(CC)[C@H](CC=Cc1ccccc1)C(=O)NOC1CCCCO1. The van der Waals surface area contributed by atoms with E-state index in [1.807, 2.05) is 49.4 Å². The molecule has 1 aromatic carbocycles. The van der Waals surface area contributed by atoms with E-state index in [9.17, 15) is 14.4 Å². The first-order valence-corrected chi connectivity index (χ1v) is 13.8. The largest absolute Gasteiger partial charge is 0.350 e. The van der Waals surface area contributed by atoms with Crippen molar-refractivity contribution in [3.8, 4) is 0 Å². The molecule has 3 N–H and O–H groups in total. The standard InChI is InChI=1S/C30H46N2O5/c1-5-13-22(3)20-30(21-33,28(34)23(4)31)26(6-2)25(17-12-16-24-14-8-7-9-15-24)29(35)32-37-27-18-10-11-19-36-27/h7-9,12,14-16,21-23,25-27H,5-6,10-11,13,17-20,31H2,1-4H3,(H,32,35)/t22-,23+,25-,26?,27?,30?/m0/s1. The van der Waals surface area contributed by atoms with E-state index in [0.717, 1.165) is 37.5 Å². The molecule has 1 aliphatic heterocycles. The summed E-state index contributed by atoms with van der Waals surface area (Å²) in [6, 6.07) is 8.99. The maximum atomic E-state index is 13.6. The van der Waals surface area contributed by atoms with Crippen LogP contribution in [0.1, 0.15) is 84.6 Å². The maximum Gasteiger partial charge on any atom is 0.247 e. The number of hydrogen-bond acceptors (Lipinski definition) is 6. The number of hydroxylamine groups is 1. The molecule has 7 nitrogen and oxygen atoms in total. The van der Waals surface area contributed by atoms with Crippen molar-refractivity contribution in [2.75, 3.05) is 6.61 Å². The summed E-state index contributed by atoms with van der Waals surface area (Å²) in [7, 11) is 0. The van der Waals surface area contributed by atoms with Gasteiger partial charge in [0.2, 0.25) is 5.91 Å². The second-order valence-corrected chi connectivity index (χ2v) is 10.5. The Labute approximate surface area is 222 Å². The van der Waals surface area contributed by atoms with E-state index < -0.39 is 29.6 Å². The van der Waals surface area contributed by atoms with Crippen LogP contribution < -0.4 is 11.2 Å². The molecule has 0 radical (unpaired) electrons. The van der Waals surface area contributed by atoms with Crippen LogP contribution in [0.3, 0.4) is 0 Å². The third-order valence-electron chi connectivity index (χ3n) is 7.40. The molecular weight excluding hydrogens is 468 g/mol. The number of Topliss-reactive ketones (excluding diaryl/α,β-unsaturated/α-hetero) is 1. The maximum absolute atomic E-state index is 13.6. The molecule has 3 unspecified atom stereocenters. The molecule has 0 spiro atoms. The minimum atomic E-state index is -1.36. The summed E-state index contributed by atoms with van der Waals surface area (Å²) in [5.74, 6) is -1.75. The van der Waals surface area contributed by atoms with Gasteiger partial charge in [-0.25, -0.2) is 10.3 Å². The number of nitrogens with one attached hydrogen (secondary N) is 1. The van der Waals surface area contributed by atoms with E-state index in [2.05, 4.69) is 19.3 Å². The highest BCUT2D eigenvalue weighted by molar-refractivity contribution is 6.02. The lowest BCUT2D eigenvalue weighted by molar-refractivity contribution is -0.203. The van der Waals surface area contributed by atoms with Crippen LogP contribution in [0.25, 0.3) is 6.08 Å². The fraction of sp³-hybridized carbons (Fsp3) is 0.633. The molecule has 1 heterocycles. The highest BCUT2D eigenvalue weighted by Crippen LogP contribution is 2.43. The first-order chi connectivity index (χ1) is 17.8. The van der Waals surface area contributed by atoms with Crippen LogP contribution in [-0.4, -0.2) is 36.9 Å². The van der Waals surface area contributed by atoms with Gasteiger partial charge in [-0.1, -0.05) is 82.5 Å². The van der Waals surface area contributed by atoms with E-state index in [0.29, 0.717) is 32.3 Å². The Morgan fingerprint density at radius 3 is 2.51 bits per heavy atom. The summed E-state index contributed by atoms with van der Waals surface area (Å²) in [6.07, 6.45) is 9.79. The van der Waals surface area contributed by atoms with E-state index in [1.165, 1.54) is 0 Å². The zero-order valence-electron chi connectivity index (χ0n) is 23.0. The van der Waals surface area contributed by atoms with Gasteiger partial charge in [0.05, 0.1) is 11.5 Å². The topological polar surface area (TPSA) is 108 Å². The molecule has 37 heavy (non-hydrogen) atoms. The van der Waals surface area contributed by atoms with Gasteiger partial charge in [0.1, 0.15) is 6.29 Å². The Hall–Kier alpha value is -2.35. The van der Waals surface area contributed by atoms with Crippen molar-refractivity contribution < 1.29 is 24.0 Å². The molecule has 0 saturated carbocycles. The lowest BCUT2D eigenvalue weighted by Crippen LogP contribution is -2.53. The van der Waals surface area contributed by atoms with Crippen LogP contribution in [-0.2, 0) is 24.0 Å². The molecule has 1 saturated heterocycles. The number of nitrogens with two attached hydrogens (primary N) is 1. The third kappa shape index (κ3) is 8.87. The highest BCUT2D eigenvalue weighted by Gasteiger charge is 2.50. The number of ketones is 1. The number of aldehydes is 1. The number of amides is 1. The second-order valence-electron chi connectivity index (χ2n) is 10.5. The van der Waals surface area contributed by atoms with Crippen LogP contribution in [0.2, 0.25) is 0 Å². The van der Waals surface area contributed by atoms with E-state index in [1.54, 1.807) is 6.92 Å². The number of ether oxygens (including phenoxy) is 1. The molecule has 0 aromatic heterocycles. The van der Waals surface area contributed by atoms with Gasteiger partial charge >= 0.3 is 0 Å². The normalized spacial score (nSPS) is 20.9. The summed E-state index contributed by atoms with van der Waals surface area (Å²) in [6.45, 7) is 8.27. The van der Waals surface area contributed by atoms with Crippen molar-refractivity contribution in [3.05, 3.63) is 42.0 Å². The molecule has 1 aliphatic rings. The van der Waals surface area contributed by atoms with Crippen molar-refractivity contribution in [1.29, 1.82) is 0 Å². The number of rotatable bonds is 16. The predicted octanol–water partition coefficient (Wildman–Crippen LogP) is 5.23. The number of carbonyl (C=O) groups excluding carboxylic acids is 3. The average Bonchev–Trinajstić information content (AvgIpc) is 2.91. The van der Waals surface area contributed by atoms with Gasteiger partial charge < -0.3 is 15.3 Å². The number of hydrogen-bond donors (Lipinski definition) is 2. The summed E-state index contributed by atoms with van der Waals surface area (Å²) < 4.78 is 5.59. The molecule has 1 amide bonds. The molecular formula is C30H46N2O5. The van der Waals surface area contributed by atoms with E-state index >= 15 is 0 Å². The molecule has 0 bridgehead atoms. The molecule has 6 atom stereocenters. The Morgan fingerprint density at radius 2 is 1.95 bits per heavy atom. The average molecular weight is 515 g/mol. The van der Waals surface area contributed by atoms with Crippen molar-refractivity contribution in [3.63, 3.8) is 0 Å². The van der Waals surface area contributed by atoms with Crippen molar-refractivity contribution in [1.82, 2.24) is 5.48 Å². The summed E-state index contributed by atoms with van der Waals surface area (Å²) >= 11 is 0. The molecule has 206 valence electrons. The van der Waals surface area contributed by atoms with E-state index in [-0.39, 0.29) is 17.6 Å². The summed E-state index contributed by atoms with van der Waals surface area (Å²) in [4.78, 5) is 45.7. The van der Waals surface area contributed by atoms with Crippen LogP contribution in [0.4, 0.5) is 0 Å². The van der Waals surface area contributed by atoms with Gasteiger partial charge in [0.25, 0.3) is 0 Å². The van der Waals surface area contributed by atoms with Crippen LogP contribution in [0.15, 0.2) is 36.4 Å². The summed E-state index contributed by atoms with van der Waals surface area (Å²) in [5.41, 5.74) is 8.33. The van der Waals surface area contributed by atoms with Crippen LogP contribution >= 0.6 is 0 Å². The van der Waals surface area contributed by atoms with Gasteiger partial charge in [0.15, 0.2) is 12.1 Å². The Balaban J connectivity index is 2.41. The number of benzene rings is 1. The lowest BCUT2D eigenvalue weighted by Gasteiger charge is -2.41. The monoisotopic (exact) mass is 514 g/mol. The molecule has 1 fully saturated rings. The summed E-state index contributed by atoms with van der Waals surface area (Å²) in [5, 5.41) is 0. The van der Waals surface area contributed by atoms with Gasteiger partial charge in [-0.15, -0.1) is 0 Å². The molecule has 7 heteroatoms. The quantitative estimate of drug-likeness (QED) is 0.178. The predicted molar refractivity (Wildman–Crippen MR) is 146 cm³/mol. The fourth-order valence-electron chi connectivity index (χ4n) is 5.60. The van der Waals surface area contributed by atoms with Crippen molar-refractivity contribution in [2.24, 2.45) is 28.9 Å². The van der Waals surface area contributed by atoms with Gasteiger partial charge in [-0.2, -0.15) is 0 Å². The minimum Gasteiger partial charge on any atom is -0.350 e. The van der Waals surface area contributed by atoms with Crippen molar-refractivity contribution in [2.45, 2.75) is 91.4 Å². The Bertz CT molecular complexity index is 866. The number of carbonyl (C=O) groups is 3. The highest BCUT2D eigenvalue weighted by atomic mass is 16.8. The lowest BCUT2D eigenvalue weighted by atomic mass is 9.60. The van der Waals surface area contributed by atoms with Gasteiger partial charge in [-0.05, 0) is 50.0 Å². The second kappa shape index (κ2) is 15.8. The van der Waals surface area contributed by atoms with Crippen LogP contribution in [0, 0.1) is 23.2 Å².